The molecule has 0 N–H and O–H groups in total. The molecule has 0 saturated carbocycles. The second-order valence-corrected chi connectivity index (χ2v) is 6.57. The summed E-state index contributed by atoms with van der Waals surface area (Å²) in [4.78, 5) is 26.9. The van der Waals surface area contributed by atoms with E-state index in [2.05, 4.69) is 10.3 Å². The maximum absolute atomic E-state index is 13.1. The number of methoxy groups -OCH3 is 2. The lowest BCUT2D eigenvalue weighted by Gasteiger charge is -2.21. The first-order chi connectivity index (χ1) is 14.2. The fraction of sp³-hybridized carbons (Fsp3) is 0.263. The van der Waals surface area contributed by atoms with Gasteiger partial charge < -0.3 is 9.47 Å². The quantitative estimate of drug-likeness (QED) is 0.710. The molecule has 0 aliphatic carbocycles. The predicted molar refractivity (Wildman–Crippen MR) is 98.4 cm³/mol. The monoisotopic (exact) mass is 420 g/mol. The van der Waals surface area contributed by atoms with Crippen molar-refractivity contribution < 1.29 is 32.2 Å². The van der Waals surface area contributed by atoms with Crippen LogP contribution in [-0.2, 0) is 15.8 Å². The molecule has 4 rings (SSSR count). The van der Waals surface area contributed by atoms with Crippen LogP contribution in [0.4, 0.5) is 24.5 Å². The van der Waals surface area contributed by atoms with Gasteiger partial charge in [-0.25, -0.2) is 9.91 Å². The zero-order valence-corrected chi connectivity index (χ0v) is 15.8. The van der Waals surface area contributed by atoms with Crippen molar-refractivity contribution in [2.24, 2.45) is 10.3 Å². The maximum Gasteiger partial charge on any atom is 0.416 e. The van der Waals surface area contributed by atoms with Crippen molar-refractivity contribution in [3.05, 3.63) is 48.0 Å². The van der Waals surface area contributed by atoms with Gasteiger partial charge in [0.1, 0.15) is 11.5 Å². The first kappa shape index (κ1) is 19.7. The lowest BCUT2D eigenvalue weighted by Crippen LogP contribution is -2.40. The number of benzene rings is 2. The Morgan fingerprint density at radius 2 is 1.60 bits per heavy atom. The number of anilines is 2. The van der Waals surface area contributed by atoms with Crippen LogP contribution in [0.3, 0.4) is 0 Å². The van der Waals surface area contributed by atoms with Crippen LogP contribution in [0.1, 0.15) is 5.56 Å². The van der Waals surface area contributed by atoms with Crippen LogP contribution in [0, 0.1) is 0 Å². The number of amides is 2. The van der Waals surface area contributed by atoms with Gasteiger partial charge >= 0.3 is 6.18 Å². The molecule has 8 nitrogen and oxygen atoms in total. The normalized spacial score (nSPS) is 20.7. The molecule has 2 aromatic carbocycles. The van der Waals surface area contributed by atoms with Crippen molar-refractivity contribution in [2.45, 2.75) is 18.3 Å². The minimum atomic E-state index is -4.56. The topological polar surface area (TPSA) is 83.8 Å². The standard InChI is InChI=1S/C19H15F3N4O4/c1-29-13-7-12(8-14(9-13)30-2)25-17(27)15-16(18(25)28)26(24-23-15)11-5-3-4-10(6-11)19(20,21)22/h3-9,15-16H,1-2H3/t15-,16+/m0/s1. The number of halogens is 3. The number of fused-ring (bicyclic) bond motifs is 1. The summed E-state index contributed by atoms with van der Waals surface area (Å²) in [5.41, 5.74) is -0.688. The van der Waals surface area contributed by atoms with Gasteiger partial charge in [-0.1, -0.05) is 11.3 Å². The van der Waals surface area contributed by atoms with E-state index in [0.29, 0.717) is 11.5 Å². The summed E-state index contributed by atoms with van der Waals surface area (Å²) in [5.74, 6) is -0.585. The van der Waals surface area contributed by atoms with Crippen LogP contribution in [0.5, 0.6) is 11.5 Å². The van der Waals surface area contributed by atoms with E-state index >= 15 is 0 Å². The Hall–Kier alpha value is -3.63. The minimum absolute atomic E-state index is 0.00676. The number of carbonyl (C=O) groups is 2. The average Bonchev–Trinajstić information content (AvgIpc) is 3.27. The van der Waals surface area contributed by atoms with E-state index in [-0.39, 0.29) is 11.4 Å². The lowest BCUT2D eigenvalue weighted by molar-refractivity contribution is -0.137. The number of hydrogen-bond donors (Lipinski definition) is 0. The van der Waals surface area contributed by atoms with Crippen molar-refractivity contribution in [1.82, 2.24) is 0 Å². The first-order valence-electron chi connectivity index (χ1n) is 8.72. The number of hydrogen-bond acceptors (Lipinski definition) is 7. The molecular weight excluding hydrogens is 405 g/mol. The van der Waals surface area contributed by atoms with Crippen molar-refractivity contribution in [3.8, 4) is 11.5 Å². The SMILES string of the molecule is COc1cc(OC)cc(N2C(=O)[C@H]3N=NN(c4cccc(C(F)(F)F)c4)[C@H]3C2=O)c1. The molecule has 2 aliphatic heterocycles. The van der Waals surface area contributed by atoms with E-state index < -0.39 is 35.6 Å². The largest absolute Gasteiger partial charge is 0.497 e. The van der Waals surface area contributed by atoms with Gasteiger partial charge in [-0.3, -0.25) is 9.59 Å². The molecule has 0 aromatic heterocycles. The first-order valence-corrected chi connectivity index (χ1v) is 8.72. The fourth-order valence-corrected chi connectivity index (χ4v) is 3.37. The Morgan fingerprint density at radius 3 is 2.20 bits per heavy atom. The van der Waals surface area contributed by atoms with Crippen LogP contribution < -0.4 is 19.4 Å². The van der Waals surface area contributed by atoms with E-state index in [1.807, 2.05) is 0 Å². The highest BCUT2D eigenvalue weighted by Crippen LogP contribution is 2.39. The Bertz CT molecular complexity index is 1030. The van der Waals surface area contributed by atoms with Crippen molar-refractivity contribution in [2.75, 3.05) is 24.1 Å². The van der Waals surface area contributed by atoms with Crippen molar-refractivity contribution in [1.29, 1.82) is 0 Å². The van der Waals surface area contributed by atoms with Gasteiger partial charge in [-0.15, -0.1) is 0 Å². The number of imide groups is 1. The van der Waals surface area contributed by atoms with Crippen LogP contribution >= 0.6 is 0 Å². The van der Waals surface area contributed by atoms with E-state index in [9.17, 15) is 22.8 Å². The molecule has 2 aromatic rings. The summed E-state index contributed by atoms with van der Waals surface area (Å²) >= 11 is 0. The van der Waals surface area contributed by atoms with Crippen LogP contribution in [-0.4, -0.2) is 38.1 Å². The summed E-state index contributed by atoms with van der Waals surface area (Å²) in [6, 6.07) is 6.52. The number of carbonyl (C=O) groups excluding carboxylic acids is 2. The van der Waals surface area contributed by atoms with Gasteiger partial charge in [0.25, 0.3) is 11.8 Å². The third-order valence-corrected chi connectivity index (χ3v) is 4.81. The number of ether oxygens (including phenoxy) is 2. The molecule has 1 fully saturated rings. The number of rotatable bonds is 4. The smallest absolute Gasteiger partial charge is 0.416 e. The molecule has 1 saturated heterocycles. The highest BCUT2D eigenvalue weighted by molar-refractivity contribution is 6.26. The molecule has 0 spiro atoms. The fourth-order valence-electron chi connectivity index (χ4n) is 3.37. The molecule has 2 atom stereocenters. The van der Waals surface area contributed by atoms with Gasteiger partial charge in [0.15, 0.2) is 12.1 Å². The van der Waals surface area contributed by atoms with Gasteiger partial charge in [-0.05, 0) is 18.2 Å². The van der Waals surface area contributed by atoms with Gasteiger partial charge in [0.05, 0.1) is 31.2 Å². The van der Waals surface area contributed by atoms with Crippen LogP contribution in [0.2, 0.25) is 0 Å². The molecule has 11 heteroatoms. The number of alkyl halides is 3. The van der Waals surface area contributed by atoms with E-state index in [1.54, 1.807) is 6.07 Å². The molecule has 2 heterocycles. The Morgan fingerprint density at radius 1 is 0.933 bits per heavy atom. The molecule has 0 unspecified atom stereocenters. The third-order valence-electron chi connectivity index (χ3n) is 4.81. The summed E-state index contributed by atoms with van der Waals surface area (Å²) in [6.07, 6.45) is -4.56. The lowest BCUT2D eigenvalue weighted by atomic mass is 10.1. The summed E-state index contributed by atoms with van der Waals surface area (Å²) in [7, 11) is 2.84. The van der Waals surface area contributed by atoms with Crippen LogP contribution in [0.15, 0.2) is 52.8 Å². The highest BCUT2D eigenvalue weighted by atomic mass is 19.4. The Labute approximate surface area is 168 Å². The average molecular weight is 420 g/mol. The zero-order valence-electron chi connectivity index (χ0n) is 15.8. The molecular formula is C19H15F3N4O4. The van der Waals surface area contributed by atoms with Crippen LogP contribution in [0.25, 0.3) is 0 Å². The summed E-state index contributed by atoms with van der Waals surface area (Å²) in [5, 5.41) is 8.66. The van der Waals surface area contributed by atoms with Crippen molar-refractivity contribution >= 4 is 23.2 Å². The Balaban J connectivity index is 1.70. The van der Waals surface area contributed by atoms with E-state index in [4.69, 9.17) is 9.47 Å². The van der Waals surface area contributed by atoms with Gasteiger partial charge in [-0.2, -0.15) is 18.3 Å². The predicted octanol–water partition coefficient (Wildman–Crippen LogP) is 3.22. The second-order valence-electron chi connectivity index (χ2n) is 6.57. The van der Waals surface area contributed by atoms with Gasteiger partial charge in [0.2, 0.25) is 0 Å². The Kier molecular flexibility index (Phi) is 4.60. The van der Waals surface area contributed by atoms with Crippen molar-refractivity contribution in [3.63, 3.8) is 0 Å². The molecule has 30 heavy (non-hydrogen) atoms. The minimum Gasteiger partial charge on any atom is -0.497 e. The van der Waals surface area contributed by atoms with E-state index in [0.717, 1.165) is 22.0 Å². The maximum atomic E-state index is 13.1. The van der Waals surface area contributed by atoms with E-state index in [1.165, 1.54) is 38.5 Å². The molecule has 0 radical (unpaired) electrons. The molecule has 0 bridgehead atoms. The van der Waals surface area contributed by atoms with Gasteiger partial charge in [0, 0.05) is 18.2 Å². The summed E-state index contributed by atoms with van der Waals surface area (Å²) < 4.78 is 49.5. The third kappa shape index (κ3) is 3.11. The number of nitrogens with zero attached hydrogens (tertiary/aromatic N) is 4. The molecule has 2 aliphatic rings. The second kappa shape index (κ2) is 7.01. The highest BCUT2D eigenvalue weighted by Gasteiger charge is 2.55. The zero-order chi connectivity index (χ0) is 21.6. The summed E-state index contributed by atoms with van der Waals surface area (Å²) in [6.45, 7) is 0. The molecule has 156 valence electrons. The molecule has 2 amide bonds.